The van der Waals surface area contributed by atoms with Gasteiger partial charge in [0.1, 0.15) is 5.82 Å². The number of morpholine rings is 1. The lowest BCUT2D eigenvalue weighted by atomic mass is 10.2. The molecule has 1 aromatic heterocycles. The van der Waals surface area contributed by atoms with Gasteiger partial charge in [-0.05, 0) is 43.3 Å². The number of carbonyl (C=O) groups is 1. The first-order chi connectivity index (χ1) is 14.2. The summed E-state index contributed by atoms with van der Waals surface area (Å²) in [6, 6.07) is 18.6. The molecule has 0 atom stereocenters. The summed E-state index contributed by atoms with van der Waals surface area (Å²) in [7, 11) is 0. The highest BCUT2D eigenvalue weighted by atomic mass is 16.5. The van der Waals surface area contributed by atoms with Gasteiger partial charge >= 0.3 is 0 Å². The SMILES string of the molecule is Cc1cc(N2CCOCC2)nc(Nc2ccc(NC(=O)c3ccccc3)cc2)n1. The van der Waals surface area contributed by atoms with Crippen molar-refractivity contribution in [2.24, 2.45) is 0 Å². The summed E-state index contributed by atoms with van der Waals surface area (Å²) in [5.41, 5.74) is 3.10. The van der Waals surface area contributed by atoms with Gasteiger partial charge in [0.05, 0.1) is 13.2 Å². The molecule has 29 heavy (non-hydrogen) atoms. The summed E-state index contributed by atoms with van der Waals surface area (Å²) in [6.45, 7) is 5.03. The average molecular weight is 389 g/mol. The Morgan fingerprint density at radius 3 is 2.38 bits per heavy atom. The lowest BCUT2D eigenvalue weighted by Crippen LogP contribution is -2.36. The smallest absolute Gasteiger partial charge is 0.255 e. The quantitative estimate of drug-likeness (QED) is 0.694. The molecule has 0 spiro atoms. The number of aromatic nitrogens is 2. The third-order valence-corrected chi connectivity index (χ3v) is 4.61. The molecule has 1 saturated heterocycles. The fraction of sp³-hybridized carbons (Fsp3) is 0.227. The fourth-order valence-corrected chi connectivity index (χ4v) is 3.12. The zero-order chi connectivity index (χ0) is 20.1. The molecule has 0 unspecified atom stereocenters. The molecular weight excluding hydrogens is 366 g/mol. The van der Waals surface area contributed by atoms with Crippen LogP contribution in [0, 0.1) is 6.92 Å². The molecule has 3 aromatic rings. The van der Waals surface area contributed by atoms with E-state index in [0.717, 1.165) is 36.0 Å². The number of amides is 1. The first kappa shape index (κ1) is 18.9. The summed E-state index contributed by atoms with van der Waals surface area (Å²) in [5, 5.41) is 6.14. The lowest BCUT2D eigenvalue weighted by Gasteiger charge is -2.28. The Labute approximate surface area is 169 Å². The molecule has 7 heteroatoms. The molecular formula is C22H23N5O2. The molecule has 1 aliphatic rings. The number of benzene rings is 2. The number of hydrogen-bond donors (Lipinski definition) is 2. The minimum Gasteiger partial charge on any atom is -0.378 e. The van der Waals surface area contributed by atoms with Crippen LogP contribution in [0.15, 0.2) is 60.7 Å². The Balaban J connectivity index is 1.43. The van der Waals surface area contributed by atoms with Crippen molar-refractivity contribution in [1.82, 2.24) is 9.97 Å². The number of nitrogens with zero attached hydrogens (tertiary/aromatic N) is 3. The van der Waals surface area contributed by atoms with Crippen molar-refractivity contribution in [3.8, 4) is 0 Å². The summed E-state index contributed by atoms with van der Waals surface area (Å²) in [5.74, 6) is 1.31. The van der Waals surface area contributed by atoms with E-state index in [-0.39, 0.29) is 5.91 Å². The maximum Gasteiger partial charge on any atom is 0.255 e. The van der Waals surface area contributed by atoms with Crippen LogP contribution in [-0.4, -0.2) is 42.2 Å². The molecule has 1 aliphatic heterocycles. The molecule has 148 valence electrons. The standard InChI is InChI=1S/C22H23N5O2/c1-16-15-20(27-11-13-29-14-12-27)26-22(23-16)25-19-9-7-18(8-10-19)24-21(28)17-5-3-2-4-6-17/h2-10,15H,11-14H2,1H3,(H,24,28)(H,23,25,26). The Hall–Kier alpha value is -3.45. The molecule has 1 fully saturated rings. The van der Waals surface area contributed by atoms with E-state index in [0.29, 0.717) is 24.7 Å². The second-order valence-corrected chi connectivity index (χ2v) is 6.81. The Morgan fingerprint density at radius 1 is 0.966 bits per heavy atom. The van der Waals surface area contributed by atoms with E-state index in [9.17, 15) is 4.79 Å². The number of carbonyl (C=O) groups excluding carboxylic acids is 1. The summed E-state index contributed by atoms with van der Waals surface area (Å²) >= 11 is 0. The summed E-state index contributed by atoms with van der Waals surface area (Å²) in [6.07, 6.45) is 0. The van der Waals surface area contributed by atoms with Crippen LogP contribution in [0.2, 0.25) is 0 Å². The molecule has 0 saturated carbocycles. The molecule has 0 radical (unpaired) electrons. The van der Waals surface area contributed by atoms with Gasteiger partial charge in [-0.1, -0.05) is 18.2 Å². The molecule has 2 heterocycles. The van der Waals surface area contributed by atoms with Gasteiger partial charge in [-0.2, -0.15) is 4.98 Å². The summed E-state index contributed by atoms with van der Waals surface area (Å²) < 4.78 is 5.41. The van der Waals surface area contributed by atoms with Gasteiger partial charge in [0.25, 0.3) is 5.91 Å². The number of hydrogen-bond acceptors (Lipinski definition) is 6. The van der Waals surface area contributed by atoms with Crippen molar-refractivity contribution >= 4 is 29.0 Å². The van der Waals surface area contributed by atoms with E-state index in [2.05, 4.69) is 25.5 Å². The monoisotopic (exact) mass is 389 g/mol. The van der Waals surface area contributed by atoms with E-state index in [4.69, 9.17) is 4.74 Å². The molecule has 0 aliphatic carbocycles. The number of anilines is 4. The van der Waals surface area contributed by atoms with Gasteiger partial charge in [-0.15, -0.1) is 0 Å². The predicted molar refractivity (Wildman–Crippen MR) is 114 cm³/mol. The van der Waals surface area contributed by atoms with Crippen molar-refractivity contribution in [2.45, 2.75) is 6.92 Å². The Bertz CT molecular complexity index is 970. The van der Waals surface area contributed by atoms with E-state index in [1.165, 1.54) is 0 Å². The van der Waals surface area contributed by atoms with Gasteiger partial charge in [0.15, 0.2) is 0 Å². The van der Waals surface area contributed by atoms with Crippen molar-refractivity contribution in [2.75, 3.05) is 41.8 Å². The van der Waals surface area contributed by atoms with Gasteiger partial charge in [0, 0.05) is 41.8 Å². The highest BCUT2D eigenvalue weighted by molar-refractivity contribution is 6.04. The van der Waals surface area contributed by atoms with Crippen molar-refractivity contribution in [1.29, 1.82) is 0 Å². The van der Waals surface area contributed by atoms with Crippen LogP contribution in [-0.2, 0) is 4.74 Å². The van der Waals surface area contributed by atoms with Crippen molar-refractivity contribution in [3.63, 3.8) is 0 Å². The van der Waals surface area contributed by atoms with Crippen LogP contribution in [0.1, 0.15) is 16.1 Å². The first-order valence-corrected chi connectivity index (χ1v) is 9.59. The normalized spacial score (nSPS) is 13.8. The molecule has 2 N–H and O–H groups in total. The first-order valence-electron chi connectivity index (χ1n) is 9.59. The maximum atomic E-state index is 12.3. The minimum atomic E-state index is -0.136. The average Bonchev–Trinajstić information content (AvgIpc) is 2.76. The van der Waals surface area contributed by atoms with Crippen molar-refractivity contribution < 1.29 is 9.53 Å². The maximum absolute atomic E-state index is 12.3. The van der Waals surface area contributed by atoms with Gasteiger partial charge < -0.3 is 20.3 Å². The fourth-order valence-electron chi connectivity index (χ4n) is 3.12. The topological polar surface area (TPSA) is 79.4 Å². The molecule has 2 aromatic carbocycles. The lowest BCUT2D eigenvalue weighted by molar-refractivity contribution is 0.102. The van der Waals surface area contributed by atoms with E-state index < -0.39 is 0 Å². The highest BCUT2D eigenvalue weighted by Gasteiger charge is 2.14. The zero-order valence-corrected chi connectivity index (χ0v) is 16.3. The third-order valence-electron chi connectivity index (χ3n) is 4.61. The van der Waals surface area contributed by atoms with E-state index >= 15 is 0 Å². The molecule has 0 bridgehead atoms. The second-order valence-electron chi connectivity index (χ2n) is 6.81. The van der Waals surface area contributed by atoms with Crippen LogP contribution >= 0.6 is 0 Å². The Morgan fingerprint density at radius 2 is 1.66 bits per heavy atom. The molecule has 4 rings (SSSR count). The van der Waals surface area contributed by atoms with Gasteiger partial charge in [-0.25, -0.2) is 4.98 Å². The minimum absolute atomic E-state index is 0.136. The van der Waals surface area contributed by atoms with Crippen LogP contribution < -0.4 is 15.5 Å². The predicted octanol–water partition coefficient (Wildman–Crippen LogP) is 3.62. The number of aryl methyl sites for hydroxylation is 1. The van der Waals surface area contributed by atoms with Crippen LogP contribution in [0.3, 0.4) is 0 Å². The van der Waals surface area contributed by atoms with E-state index in [1.807, 2.05) is 55.5 Å². The number of ether oxygens (including phenoxy) is 1. The largest absolute Gasteiger partial charge is 0.378 e. The van der Waals surface area contributed by atoms with Crippen LogP contribution in [0.25, 0.3) is 0 Å². The number of rotatable bonds is 5. The van der Waals surface area contributed by atoms with Crippen molar-refractivity contribution in [3.05, 3.63) is 71.9 Å². The molecule has 1 amide bonds. The number of nitrogens with one attached hydrogen (secondary N) is 2. The van der Waals surface area contributed by atoms with E-state index in [1.54, 1.807) is 12.1 Å². The second kappa shape index (κ2) is 8.70. The van der Waals surface area contributed by atoms with Crippen LogP contribution in [0.5, 0.6) is 0 Å². The Kier molecular flexibility index (Phi) is 5.67. The third kappa shape index (κ3) is 4.89. The zero-order valence-electron chi connectivity index (χ0n) is 16.3. The van der Waals surface area contributed by atoms with Crippen LogP contribution in [0.4, 0.5) is 23.1 Å². The van der Waals surface area contributed by atoms with Gasteiger partial charge in [-0.3, -0.25) is 4.79 Å². The molecule has 7 nitrogen and oxygen atoms in total. The highest BCUT2D eigenvalue weighted by Crippen LogP contribution is 2.21. The van der Waals surface area contributed by atoms with Gasteiger partial charge in [0.2, 0.25) is 5.95 Å². The summed E-state index contributed by atoms with van der Waals surface area (Å²) in [4.78, 5) is 23.6.